The lowest BCUT2D eigenvalue weighted by molar-refractivity contribution is -0.0424. The zero-order chi connectivity index (χ0) is 24.2. The zero-order valence-corrected chi connectivity index (χ0v) is 19.8. The van der Waals surface area contributed by atoms with Crippen molar-refractivity contribution in [2.24, 2.45) is 11.8 Å². The van der Waals surface area contributed by atoms with Crippen molar-refractivity contribution in [2.75, 3.05) is 13.2 Å². The standard InChI is InChI=1S/C28H32F4O2/c1-3-5-17-6-8-18(9-7-17)23-14-10-19(16-34-23)20-11-12-21(26(30)25(20)29)22-13-15-24(33-4-2)28(32)27(22)31/h3,5,11-13,15,17-19,23H,4,6-10,14,16H2,1-2H3/b5-3+. The molecule has 0 bridgehead atoms. The second-order valence-corrected chi connectivity index (χ2v) is 9.35. The molecule has 184 valence electrons. The van der Waals surface area contributed by atoms with E-state index in [1.807, 2.05) is 0 Å². The number of hydrogen-bond acceptors (Lipinski definition) is 2. The molecule has 0 aromatic heterocycles. The van der Waals surface area contributed by atoms with E-state index in [4.69, 9.17) is 9.47 Å². The topological polar surface area (TPSA) is 18.5 Å². The molecule has 0 N–H and O–H groups in total. The molecule has 1 saturated carbocycles. The van der Waals surface area contributed by atoms with E-state index >= 15 is 4.39 Å². The Morgan fingerprint density at radius 1 is 0.853 bits per heavy atom. The van der Waals surface area contributed by atoms with Gasteiger partial charge in [0.2, 0.25) is 5.82 Å². The van der Waals surface area contributed by atoms with Gasteiger partial charge in [-0.3, -0.25) is 0 Å². The molecule has 0 radical (unpaired) electrons. The Hall–Kier alpha value is -2.34. The molecule has 2 aromatic rings. The first-order chi connectivity index (χ1) is 16.4. The predicted molar refractivity (Wildman–Crippen MR) is 125 cm³/mol. The highest BCUT2D eigenvalue weighted by atomic mass is 19.2. The van der Waals surface area contributed by atoms with Crippen molar-refractivity contribution in [1.82, 2.24) is 0 Å². The molecule has 0 amide bonds. The zero-order valence-electron chi connectivity index (χ0n) is 19.8. The second-order valence-electron chi connectivity index (χ2n) is 9.35. The number of rotatable bonds is 6. The molecule has 1 aliphatic carbocycles. The summed E-state index contributed by atoms with van der Waals surface area (Å²) >= 11 is 0. The van der Waals surface area contributed by atoms with Gasteiger partial charge < -0.3 is 9.47 Å². The quantitative estimate of drug-likeness (QED) is 0.311. The monoisotopic (exact) mass is 476 g/mol. The average molecular weight is 477 g/mol. The van der Waals surface area contributed by atoms with Crippen molar-refractivity contribution < 1.29 is 27.0 Å². The van der Waals surface area contributed by atoms with E-state index in [1.165, 1.54) is 37.1 Å². The highest BCUT2D eigenvalue weighted by molar-refractivity contribution is 5.66. The number of hydrogen-bond donors (Lipinski definition) is 0. The number of halogens is 4. The van der Waals surface area contributed by atoms with E-state index in [1.54, 1.807) is 6.92 Å². The van der Waals surface area contributed by atoms with Crippen LogP contribution in [-0.2, 0) is 4.74 Å². The molecule has 1 heterocycles. The third-order valence-electron chi connectivity index (χ3n) is 7.31. The fourth-order valence-corrected chi connectivity index (χ4v) is 5.46. The lowest BCUT2D eigenvalue weighted by Gasteiger charge is -2.37. The maximum absolute atomic E-state index is 15.1. The molecule has 1 aliphatic heterocycles. The minimum absolute atomic E-state index is 0.162. The van der Waals surface area contributed by atoms with Gasteiger partial charge in [0, 0.05) is 17.0 Å². The summed E-state index contributed by atoms with van der Waals surface area (Å²) in [5, 5.41) is 0. The van der Waals surface area contributed by atoms with Gasteiger partial charge in [0.15, 0.2) is 23.2 Å². The van der Waals surface area contributed by atoms with Crippen molar-refractivity contribution in [3.8, 4) is 16.9 Å². The largest absolute Gasteiger partial charge is 0.491 e. The summed E-state index contributed by atoms with van der Waals surface area (Å²) in [5.41, 5.74) is -0.422. The SMILES string of the molecule is C/C=C/C1CCC(C2CCC(c3ccc(-c4ccc(OCC)c(F)c4F)c(F)c3F)CO2)CC1. The van der Waals surface area contributed by atoms with Gasteiger partial charge in [0.05, 0.1) is 19.3 Å². The fourth-order valence-electron chi connectivity index (χ4n) is 5.46. The summed E-state index contributed by atoms with van der Waals surface area (Å²) in [4.78, 5) is 0. The first-order valence-corrected chi connectivity index (χ1v) is 12.3. The van der Waals surface area contributed by atoms with Crippen LogP contribution < -0.4 is 4.74 Å². The Morgan fingerprint density at radius 3 is 2.15 bits per heavy atom. The molecular weight excluding hydrogens is 444 g/mol. The maximum atomic E-state index is 15.1. The maximum Gasteiger partial charge on any atom is 0.201 e. The van der Waals surface area contributed by atoms with Crippen LogP contribution in [0.4, 0.5) is 17.6 Å². The molecule has 34 heavy (non-hydrogen) atoms. The number of ether oxygens (including phenoxy) is 2. The predicted octanol–water partition coefficient (Wildman–Crippen LogP) is 7.95. The number of allylic oxidation sites excluding steroid dienone is 2. The van der Waals surface area contributed by atoms with E-state index in [9.17, 15) is 13.2 Å². The van der Waals surface area contributed by atoms with Gasteiger partial charge in [0.25, 0.3) is 0 Å². The van der Waals surface area contributed by atoms with Crippen LogP contribution in [0, 0.1) is 35.1 Å². The summed E-state index contributed by atoms with van der Waals surface area (Å²) in [7, 11) is 0. The van der Waals surface area contributed by atoms with Crippen molar-refractivity contribution in [2.45, 2.75) is 64.4 Å². The number of benzene rings is 2. The summed E-state index contributed by atoms with van der Waals surface area (Å²) in [5.74, 6) is -4.02. The van der Waals surface area contributed by atoms with E-state index in [-0.39, 0.29) is 41.1 Å². The molecule has 1 saturated heterocycles. The Morgan fingerprint density at radius 2 is 1.53 bits per heavy atom. The van der Waals surface area contributed by atoms with E-state index in [0.29, 0.717) is 24.9 Å². The van der Waals surface area contributed by atoms with E-state index in [0.717, 1.165) is 19.3 Å². The van der Waals surface area contributed by atoms with Gasteiger partial charge in [-0.15, -0.1) is 0 Å². The lowest BCUT2D eigenvalue weighted by Crippen LogP contribution is -2.33. The molecule has 2 aliphatic rings. The third kappa shape index (κ3) is 5.02. The molecule has 2 unspecified atom stereocenters. The molecule has 0 spiro atoms. The van der Waals surface area contributed by atoms with Crippen LogP contribution in [0.5, 0.6) is 5.75 Å². The fraction of sp³-hybridized carbons (Fsp3) is 0.500. The first kappa shape index (κ1) is 24.8. The van der Waals surface area contributed by atoms with Gasteiger partial charge >= 0.3 is 0 Å². The van der Waals surface area contributed by atoms with Gasteiger partial charge in [-0.1, -0.05) is 24.3 Å². The van der Waals surface area contributed by atoms with Crippen LogP contribution in [0.3, 0.4) is 0 Å². The van der Waals surface area contributed by atoms with Gasteiger partial charge in [-0.25, -0.2) is 13.2 Å². The molecule has 2 aromatic carbocycles. The smallest absolute Gasteiger partial charge is 0.201 e. The summed E-state index contributed by atoms with van der Waals surface area (Å²) in [6.45, 7) is 4.19. The van der Waals surface area contributed by atoms with E-state index < -0.39 is 23.3 Å². The van der Waals surface area contributed by atoms with Crippen molar-refractivity contribution >= 4 is 0 Å². The van der Waals surface area contributed by atoms with Crippen LogP contribution in [0.1, 0.15) is 63.9 Å². The van der Waals surface area contributed by atoms with Crippen LogP contribution in [0.2, 0.25) is 0 Å². The summed E-state index contributed by atoms with van der Waals surface area (Å²) in [6, 6.07) is 5.22. The van der Waals surface area contributed by atoms with E-state index in [2.05, 4.69) is 19.1 Å². The van der Waals surface area contributed by atoms with Crippen LogP contribution in [0.15, 0.2) is 36.4 Å². The summed E-state index contributed by atoms with van der Waals surface area (Å²) in [6.07, 6.45) is 10.7. The van der Waals surface area contributed by atoms with Crippen LogP contribution in [-0.4, -0.2) is 19.3 Å². The summed E-state index contributed by atoms with van der Waals surface area (Å²) < 4.78 is 70.0. The molecule has 6 heteroatoms. The Kier molecular flexibility index (Phi) is 7.97. The van der Waals surface area contributed by atoms with Gasteiger partial charge in [0.1, 0.15) is 0 Å². The second kappa shape index (κ2) is 10.9. The minimum atomic E-state index is -1.26. The molecule has 2 nitrogen and oxygen atoms in total. The lowest BCUT2D eigenvalue weighted by atomic mass is 9.76. The highest BCUT2D eigenvalue weighted by Gasteiger charge is 2.33. The Bertz CT molecular complexity index is 1020. The third-order valence-corrected chi connectivity index (χ3v) is 7.31. The minimum Gasteiger partial charge on any atom is -0.491 e. The Balaban J connectivity index is 1.45. The van der Waals surface area contributed by atoms with Crippen molar-refractivity contribution in [3.63, 3.8) is 0 Å². The van der Waals surface area contributed by atoms with Gasteiger partial charge in [-0.2, -0.15) is 4.39 Å². The van der Waals surface area contributed by atoms with Gasteiger partial charge in [-0.05, 0) is 81.9 Å². The Labute approximate surface area is 199 Å². The average Bonchev–Trinajstić information content (AvgIpc) is 2.85. The highest BCUT2D eigenvalue weighted by Crippen LogP contribution is 2.40. The van der Waals surface area contributed by atoms with Crippen LogP contribution >= 0.6 is 0 Å². The molecule has 2 atom stereocenters. The van der Waals surface area contributed by atoms with Crippen LogP contribution in [0.25, 0.3) is 11.1 Å². The van der Waals surface area contributed by atoms with Crippen molar-refractivity contribution in [1.29, 1.82) is 0 Å². The normalized spacial score (nSPS) is 25.6. The first-order valence-electron chi connectivity index (χ1n) is 12.3. The molecular formula is C28H32F4O2. The molecule has 2 fully saturated rings. The van der Waals surface area contributed by atoms with Crippen molar-refractivity contribution in [3.05, 3.63) is 65.2 Å². The molecule has 4 rings (SSSR count).